The van der Waals surface area contributed by atoms with Crippen LogP contribution in [0.3, 0.4) is 0 Å². The predicted octanol–water partition coefficient (Wildman–Crippen LogP) is 3.53. The van der Waals surface area contributed by atoms with Crippen molar-refractivity contribution < 1.29 is 9.53 Å². The van der Waals surface area contributed by atoms with Gasteiger partial charge in [-0.05, 0) is 33.3 Å². The standard InChI is InChI=1S/C15H21NO2/c1-12-7-9-13(10-8-12)6-5-11-16-14(17)18-15(2,3)4/h5-10H,11H2,1-4H3,(H,16,17). The molecule has 1 rings (SSSR count). The molecule has 1 aromatic carbocycles. The highest BCUT2D eigenvalue weighted by Gasteiger charge is 2.14. The Kier molecular flexibility index (Phi) is 4.95. The molecule has 1 amide bonds. The minimum atomic E-state index is -0.454. The number of rotatable bonds is 3. The molecule has 0 fully saturated rings. The summed E-state index contributed by atoms with van der Waals surface area (Å²) in [4.78, 5) is 11.3. The predicted molar refractivity (Wildman–Crippen MR) is 74.4 cm³/mol. The van der Waals surface area contributed by atoms with Crippen LogP contribution in [0, 0.1) is 6.92 Å². The third-order valence-electron chi connectivity index (χ3n) is 2.15. The fraction of sp³-hybridized carbons (Fsp3) is 0.400. The minimum Gasteiger partial charge on any atom is -0.444 e. The van der Waals surface area contributed by atoms with Gasteiger partial charge in [0.1, 0.15) is 5.60 Å². The van der Waals surface area contributed by atoms with Crippen LogP contribution in [0.2, 0.25) is 0 Å². The SMILES string of the molecule is Cc1ccc(C=CCNC(=O)OC(C)(C)C)cc1. The lowest BCUT2D eigenvalue weighted by Gasteiger charge is -2.19. The van der Waals surface area contributed by atoms with Gasteiger partial charge in [0, 0.05) is 6.54 Å². The fourth-order valence-corrected chi connectivity index (χ4v) is 1.33. The molecule has 0 unspecified atom stereocenters. The van der Waals surface area contributed by atoms with E-state index in [9.17, 15) is 4.79 Å². The topological polar surface area (TPSA) is 38.3 Å². The Morgan fingerprint density at radius 1 is 1.28 bits per heavy atom. The summed E-state index contributed by atoms with van der Waals surface area (Å²) in [6, 6.07) is 8.19. The number of carbonyl (C=O) groups excluding carboxylic acids is 1. The third kappa shape index (κ3) is 6.09. The quantitative estimate of drug-likeness (QED) is 0.887. The van der Waals surface area contributed by atoms with Crippen molar-refractivity contribution in [1.82, 2.24) is 5.32 Å². The van der Waals surface area contributed by atoms with Crippen LogP contribution in [0.5, 0.6) is 0 Å². The summed E-state index contributed by atoms with van der Waals surface area (Å²) >= 11 is 0. The number of carbonyl (C=O) groups is 1. The smallest absolute Gasteiger partial charge is 0.407 e. The molecule has 18 heavy (non-hydrogen) atoms. The van der Waals surface area contributed by atoms with Crippen molar-refractivity contribution in [2.24, 2.45) is 0 Å². The Morgan fingerprint density at radius 3 is 2.44 bits per heavy atom. The van der Waals surface area contributed by atoms with E-state index in [1.54, 1.807) is 0 Å². The molecule has 3 nitrogen and oxygen atoms in total. The van der Waals surface area contributed by atoms with Crippen LogP contribution in [0.15, 0.2) is 30.3 Å². The molecule has 0 saturated carbocycles. The number of ether oxygens (including phenoxy) is 1. The van der Waals surface area contributed by atoms with Gasteiger partial charge in [-0.15, -0.1) is 0 Å². The van der Waals surface area contributed by atoms with Crippen LogP contribution >= 0.6 is 0 Å². The van der Waals surface area contributed by atoms with Crippen molar-refractivity contribution in [1.29, 1.82) is 0 Å². The molecule has 0 heterocycles. The van der Waals surface area contributed by atoms with Gasteiger partial charge in [0.25, 0.3) is 0 Å². The summed E-state index contributed by atoms with van der Waals surface area (Å²) in [5.74, 6) is 0. The van der Waals surface area contributed by atoms with Crippen molar-refractivity contribution in [3.63, 3.8) is 0 Å². The van der Waals surface area contributed by atoms with E-state index < -0.39 is 11.7 Å². The number of nitrogens with one attached hydrogen (secondary N) is 1. The van der Waals surface area contributed by atoms with Crippen LogP contribution in [0.1, 0.15) is 31.9 Å². The van der Waals surface area contributed by atoms with E-state index in [0.717, 1.165) is 5.56 Å². The fourth-order valence-electron chi connectivity index (χ4n) is 1.33. The van der Waals surface area contributed by atoms with Crippen molar-refractivity contribution >= 4 is 12.2 Å². The molecule has 0 spiro atoms. The van der Waals surface area contributed by atoms with Gasteiger partial charge in [-0.1, -0.05) is 42.0 Å². The van der Waals surface area contributed by atoms with Crippen LogP contribution in [-0.2, 0) is 4.74 Å². The van der Waals surface area contributed by atoms with Gasteiger partial charge >= 0.3 is 6.09 Å². The summed E-state index contributed by atoms with van der Waals surface area (Å²) in [5, 5.41) is 2.67. The third-order valence-corrected chi connectivity index (χ3v) is 2.15. The molecule has 3 heteroatoms. The second-order valence-electron chi connectivity index (χ2n) is 5.20. The second kappa shape index (κ2) is 6.24. The van der Waals surface area contributed by atoms with Crippen molar-refractivity contribution in [3.8, 4) is 0 Å². The Bertz CT molecular complexity index is 413. The monoisotopic (exact) mass is 247 g/mol. The lowest BCUT2D eigenvalue weighted by molar-refractivity contribution is 0.0534. The average molecular weight is 247 g/mol. The van der Waals surface area contributed by atoms with Crippen molar-refractivity contribution in [2.75, 3.05) is 6.54 Å². The largest absolute Gasteiger partial charge is 0.444 e. The molecule has 0 atom stereocenters. The molecule has 0 aliphatic rings. The molecular weight excluding hydrogens is 226 g/mol. The maximum absolute atomic E-state index is 11.3. The first-order valence-corrected chi connectivity index (χ1v) is 6.07. The Labute approximate surface area is 109 Å². The maximum Gasteiger partial charge on any atom is 0.407 e. The Hall–Kier alpha value is -1.77. The molecule has 1 N–H and O–H groups in total. The van der Waals surface area contributed by atoms with Crippen molar-refractivity contribution in [3.05, 3.63) is 41.5 Å². The van der Waals surface area contributed by atoms with Gasteiger partial charge in [-0.25, -0.2) is 4.79 Å². The number of amides is 1. The number of hydrogen-bond donors (Lipinski definition) is 1. The normalized spacial score (nSPS) is 11.6. The van der Waals surface area contributed by atoms with E-state index >= 15 is 0 Å². The van der Waals surface area contributed by atoms with Crippen LogP contribution in [0.4, 0.5) is 4.79 Å². The van der Waals surface area contributed by atoms with Gasteiger partial charge < -0.3 is 10.1 Å². The zero-order valence-electron chi connectivity index (χ0n) is 11.5. The number of hydrogen-bond acceptors (Lipinski definition) is 2. The van der Waals surface area contributed by atoms with E-state index in [0.29, 0.717) is 6.54 Å². The molecule has 1 aromatic rings. The Morgan fingerprint density at radius 2 is 1.89 bits per heavy atom. The maximum atomic E-state index is 11.3. The van der Waals surface area contributed by atoms with Gasteiger partial charge in [-0.2, -0.15) is 0 Å². The minimum absolute atomic E-state index is 0.393. The zero-order valence-corrected chi connectivity index (χ0v) is 11.5. The highest BCUT2D eigenvalue weighted by Crippen LogP contribution is 2.06. The molecular formula is C15H21NO2. The van der Waals surface area contributed by atoms with E-state index in [-0.39, 0.29) is 0 Å². The zero-order chi connectivity index (χ0) is 13.6. The van der Waals surface area contributed by atoms with Crippen LogP contribution < -0.4 is 5.32 Å². The molecule has 0 saturated heterocycles. The molecule has 0 aliphatic heterocycles. The van der Waals surface area contributed by atoms with Crippen molar-refractivity contribution in [2.45, 2.75) is 33.3 Å². The highest BCUT2D eigenvalue weighted by molar-refractivity contribution is 5.68. The van der Waals surface area contributed by atoms with E-state index in [4.69, 9.17) is 4.74 Å². The molecule has 0 aliphatic carbocycles. The summed E-state index contributed by atoms with van der Waals surface area (Å²) in [5.41, 5.74) is 1.90. The average Bonchev–Trinajstić information content (AvgIpc) is 2.24. The van der Waals surface area contributed by atoms with E-state index in [2.05, 4.69) is 24.4 Å². The van der Waals surface area contributed by atoms with Gasteiger partial charge in [0.05, 0.1) is 0 Å². The molecule has 0 radical (unpaired) electrons. The lowest BCUT2D eigenvalue weighted by atomic mass is 10.1. The first-order valence-electron chi connectivity index (χ1n) is 6.07. The molecule has 98 valence electrons. The Balaban J connectivity index is 2.33. The van der Waals surface area contributed by atoms with Crippen LogP contribution in [-0.4, -0.2) is 18.2 Å². The number of alkyl carbamates (subject to hydrolysis) is 1. The lowest BCUT2D eigenvalue weighted by Crippen LogP contribution is -2.32. The molecule has 0 aromatic heterocycles. The van der Waals surface area contributed by atoms with Crippen LogP contribution in [0.25, 0.3) is 6.08 Å². The highest BCUT2D eigenvalue weighted by atomic mass is 16.6. The van der Waals surface area contributed by atoms with E-state index in [1.165, 1.54) is 5.56 Å². The van der Waals surface area contributed by atoms with Gasteiger partial charge in [0.15, 0.2) is 0 Å². The summed E-state index contributed by atoms with van der Waals surface area (Å²) in [7, 11) is 0. The summed E-state index contributed by atoms with van der Waals surface area (Å²) in [6.45, 7) is 8.04. The number of aryl methyl sites for hydroxylation is 1. The molecule has 0 bridgehead atoms. The first kappa shape index (κ1) is 14.3. The summed E-state index contributed by atoms with van der Waals surface area (Å²) < 4.78 is 5.12. The summed E-state index contributed by atoms with van der Waals surface area (Å²) in [6.07, 6.45) is 3.47. The first-order chi connectivity index (χ1) is 8.37. The van der Waals surface area contributed by atoms with Gasteiger partial charge in [-0.3, -0.25) is 0 Å². The number of benzene rings is 1. The second-order valence-corrected chi connectivity index (χ2v) is 5.20. The van der Waals surface area contributed by atoms with Gasteiger partial charge in [0.2, 0.25) is 0 Å². The van der Waals surface area contributed by atoms with E-state index in [1.807, 2.05) is 45.1 Å².